The Balaban J connectivity index is 1.74. The lowest BCUT2D eigenvalue weighted by Crippen LogP contribution is -2.31. The molecule has 0 N–H and O–H groups in total. The van der Waals surface area contributed by atoms with Gasteiger partial charge in [0, 0.05) is 25.4 Å². The monoisotopic (exact) mass is 406 g/mol. The summed E-state index contributed by atoms with van der Waals surface area (Å²) in [6.45, 7) is 6.71. The topological polar surface area (TPSA) is 77.8 Å². The first-order chi connectivity index (χ1) is 13.2. The van der Waals surface area contributed by atoms with Gasteiger partial charge in [0.05, 0.1) is 18.0 Å². The number of ether oxygens (including phenoxy) is 2. The van der Waals surface area contributed by atoms with Gasteiger partial charge in [-0.2, -0.15) is 4.31 Å². The highest BCUT2D eigenvalue weighted by atomic mass is 32.2. The summed E-state index contributed by atoms with van der Waals surface area (Å²) >= 11 is 0. The molecular formula is C20H26N2O5S. The molecule has 1 aromatic heterocycles. The van der Waals surface area contributed by atoms with E-state index < -0.39 is 10.0 Å². The van der Waals surface area contributed by atoms with Crippen molar-refractivity contribution in [3.63, 3.8) is 0 Å². The molecule has 0 amide bonds. The molecule has 1 unspecified atom stereocenters. The number of pyridine rings is 1. The van der Waals surface area contributed by atoms with Crippen molar-refractivity contribution in [2.24, 2.45) is 7.05 Å². The van der Waals surface area contributed by atoms with Gasteiger partial charge in [0.25, 0.3) is 5.56 Å². The van der Waals surface area contributed by atoms with E-state index in [2.05, 4.69) is 0 Å². The van der Waals surface area contributed by atoms with Gasteiger partial charge in [0.1, 0.15) is 17.6 Å². The van der Waals surface area contributed by atoms with Crippen molar-refractivity contribution < 1.29 is 17.9 Å². The van der Waals surface area contributed by atoms with Crippen molar-refractivity contribution in [3.05, 3.63) is 51.9 Å². The largest absolute Gasteiger partial charge is 0.494 e. The van der Waals surface area contributed by atoms with Crippen molar-refractivity contribution in [1.82, 2.24) is 8.87 Å². The van der Waals surface area contributed by atoms with Gasteiger partial charge in [0.15, 0.2) is 0 Å². The molecule has 152 valence electrons. The molecule has 0 aliphatic carbocycles. The second-order valence-corrected chi connectivity index (χ2v) is 8.92. The zero-order chi connectivity index (χ0) is 20.5. The molecule has 7 nitrogen and oxygen atoms in total. The molecule has 1 aliphatic rings. The second kappa shape index (κ2) is 7.97. The van der Waals surface area contributed by atoms with Crippen LogP contribution in [0.2, 0.25) is 0 Å². The third-order valence-electron chi connectivity index (χ3n) is 4.97. The highest BCUT2D eigenvalue weighted by molar-refractivity contribution is 7.89. The average molecular weight is 407 g/mol. The maximum Gasteiger partial charge on any atom is 0.254 e. The predicted molar refractivity (Wildman–Crippen MR) is 107 cm³/mol. The van der Waals surface area contributed by atoms with E-state index in [-0.39, 0.29) is 23.1 Å². The van der Waals surface area contributed by atoms with Gasteiger partial charge in [-0.05, 0) is 57.0 Å². The fourth-order valence-electron chi connectivity index (χ4n) is 3.26. The molecule has 0 saturated carbocycles. The van der Waals surface area contributed by atoms with E-state index in [4.69, 9.17) is 9.47 Å². The summed E-state index contributed by atoms with van der Waals surface area (Å²) in [5.41, 5.74) is 1.42. The number of hydrogen-bond donors (Lipinski definition) is 0. The molecule has 0 radical (unpaired) electrons. The quantitative estimate of drug-likeness (QED) is 0.735. The van der Waals surface area contributed by atoms with Crippen molar-refractivity contribution in [3.8, 4) is 11.5 Å². The molecule has 8 heteroatoms. The minimum atomic E-state index is -3.61. The van der Waals surface area contributed by atoms with Crippen molar-refractivity contribution in [2.75, 3.05) is 19.7 Å². The highest BCUT2D eigenvalue weighted by Gasteiger charge is 2.34. The first kappa shape index (κ1) is 20.4. The van der Waals surface area contributed by atoms with E-state index in [1.54, 1.807) is 31.3 Å². The van der Waals surface area contributed by atoms with Crippen LogP contribution >= 0.6 is 0 Å². The number of sulfonamides is 1. The second-order valence-electron chi connectivity index (χ2n) is 6.98. The Morgan fingerprint density at radius 3 is 2.57 bits per heavy atom. The Labute approximate surface area is 165 Å². The number of aromatic nitrogens is 1. The molecule has 2 heterocycles. The summed E-state index contributed by atoms with van der Waals surface area (Å²) < 4.78 is 40.3. The molecule has 0 spiro atoms. The fraction of sp³-hybridized carbons (Fsp3) is 0.450. The molecule has 1 aromatic carbocycles. The number of benzene rings is 1. The van der Waals surface area contributed by atoms with Gasteiger partial charge in [-0.3, -0.25) is 4.79 Å². The van der Waals surface area contributed by atoms with Crippen molar-refractivity contribution in [2.45, 2.75) is 38.2 Å². The summed E-state index contributed by atoms with van der Waals surface area (Å²) in [6, 6.07) is 8.12. The minimum Gasteiger partial charge on any atom is -0.494 e. The first-order valence-corrected chi connectivity index (χ1v) is 10.7. The maximum atomic E-state index is 13.0. The molecule has 1 saturated heterocycles. The van der Waals surface area contributed by atoms with E-state index >= 15 is 0 Å². The predicted octanol–water partition coefficient (Wildman–Crippen LogP) is 2.24. The van der Waals surface area contributed by atoms with E-state index in [1.807, 2.05) is 20.8 Å². The van der Waals surface area contributed by atoms with Crippen LogP contribution in [-0.2, 0) is 17.1 Å². The summed E-state index contributed by atoms with van der Waals surface area (Å²) in [7, 11) is -1.91. The van der Waals surface area contributed by atoms with E-state index in [1.165, 1.54) is 14.9 Å². The van der Waals surface area contributed by atoms with Crippen LogP contribution in [0.4, 0.5) is 0 Å². The summed E-state index contributed by atoms with van der Waals surface area (Å²) in [5.74, 6) is 1.16. The molecule has 1 fully saturated rings. The Bertz CT molecular complexity index is 1030. The molecule has 3 rings (SSSR count). The van der Waals surface area contributed by atoms with E-state index in [9.17, 15) is 13.2 Å². The first-order valence-electron chi connectivity index (χ1n) is 9.30. The Morgan fingerprint density at radius 1 is 1.18 bits per heavy atom. The van der Waals surface area contributed by atoms with Crippen LogP contribution in [0.5, 0.6) is 11.5 Å². The van der Waals surface area contributed by atoms with E-state index in [0.717, 1.165) is 11.3 Å². The van der Waals surface area contributed by atoms with Crippen LogP contribution in [0.3, 0.4) is 0 Å². The van der Waals surface area contributed by atoms with Crippen LogP contribution in [0.1, 0.15) is 24.6 Å². The number of nitrogens with zero attached hydrogens (tertiary/aromatic N) is 2. The third-order valence-corrected chi connectivity index (χ3v) is 6.83. The molecule has 1 atom stereocenters. The van der Waals surface area contributed by atoms with Gasteiger partial charge < -0.3 is 14.0 Å². The summed E-state index contributed by atoms with van der Waals surface area (Å²) in [6.07, 6.45) is 0.286. The van der Waals surface area contributed by atoms with Crippen LogP contribution < -0.4 is 15.0 Å². The van der Waals surface area contributed by atoms with Crippen LogP contribution in [0.15, 0.2) is 40.0 Å². The standard InChI is InChI=1S/C20H26N2O5S/c1-5-26-19-7-6-18(10-14(19)2)28(24,25)22-9-8-16(13-22)27-17-11-15(3)21(4)20(23)12-17/h6-7,10-12,16H,5,8-9,13H2,1-4H3. The van der Waals surface area contributed by atoms with E-state index in [0.29, 0.717) is 31.1 Å². The number of hydrogen-bond acceptors (Lipinski definition) is 5. The van der Waals surface area contributed by atoms with Gasteiger partial charge in [-0.1, -0.05) is 0 Å². The highest BCUT2D eigenvalue weighted by Crippen LogP contribution is 2.27. The van der Waals surface area contributed by atoms with Crippen molar-refractivity contribution in [1.29, 1.82) is 0 Å². The van der Waals surface area contributed by atoms with Crippen molar-refractivity contribution >= 4 is 10.0 Å². The zero-order valence-electron chi connectivity index (χ0n) is 16.6. The lowest BCUT2D eigenvalue weighted by Gasteiger charge is -2.18. The molecule has 28 heavy (non-hydrogen) atoms. The smallest absolute Gasteiger partial charge is 0.254 e. The van der Waals surface area contributed by atoms with Gasteiger partial charge in [-0.15, -0.1) is 0 Å². The molecule has 2 aromatic rings. The lowest BCUT2D eigenvalue weighted by molar-refractivity contribution is 0.214. The lowest BCUT2D eigenvalue weighted by atomic mass is 10.2. The summed E-state index contributed by atoms with van der Waals surface area (Å²) in [4.78, 5) is 12.2. The normalized spacial score (nSPS) is 17.6. The Morgan fingerprint density at radius 2 is 1.93 bits per heavy atom. The molecular weight excluding hydrogens is 380 g/mol. The summed E-state index contributed by atoms with van der Waals surface area (Å²) in [5, 5.41) is 0. The zero-order valence-corrected chi connectivity index (χ0v) is 17.5. The minimum absolute atomic E-state index is 0.151. The maximum absolute atomic E-state index is 13.0. The average Bonchev–Trinajstić information content (AvgIpc) is 3.10. The molecule has 1 aliphatic heterocycles. The Hall–Kier alpha value is -2.32. The fourth-order valence-corrected chi connectivity index (χ4v) is 4.83. The van der Waals surface area contributed by atoms with Crippen LogP contribution in [0, 0.1) is 13.8 Å². The van der Waals surface area contributed by atoms with Gasteiger partial charge in [0.2, 0.25) is 10.0 Å². The van der Waals surface area contributed by atoms with Crippen LogP contribution in [-0.4, -0.2) is 43.1 Å². The van der Waals surface area contributed by atoms with Crippen LogP contribution in [0.25, 0.3) is 0 Å². The number of rotatable bonds is 6. The Kier molecular flexibility index (Phi) is 5.81. The SMILES string of the molecule is CCOc1ccc(S(=O)(=O)N2CCC(Oc3cc(C)n(C)c(=O)c3)C2)cc1C. The third kappa shape index (κ3) is 4.07. The number of aryl methyl sites for hydroxylation is 2. The van der Waals surface area contributed by atoms with Gasteiger partial charge >= 0.3 is 0 Å². The van der Waals surface area contributed by atoms with Gasteiger partial charge in [-0.25, -0.2) is 8.42 Å². The molecule has 0 bridgehead atoms.